The number of nitrogens with zero attached hydrogens (tertiary/aromatic N) is 5. The molecule has 3 aliphatic rings. The minimum absolute atomic E-state index is 0.306. The van der Waals surface area contributed by atoms with Gasteiger partial charge in [-0.05, 0) is 57.0 Å². The fourth-order valence-electron chi connectivity index (χ4n) is 4.77. The van der Waals surface area contributed by atoms with E-state index in [1.807, 2.05) is 18.5 Å². The van der Waals surface area contributed by atoms with E-state index in [-0.39, 0.29) is 0 Å². The second kappa shape index (κ2) is 7.35. The Bertz CT molecular complexity index is 661. The van der Waals surface area contributed by atoms with Crippen LogP contribution in [-0.2, 0) is 4.79 Å². The molecule has 0 unspecified atom stereocenters. The predicted molar refractivity (Wildman–Crippen MR) is 105 cm³/mol. The Labute approximate surface area is 160 Å². The molecular formula is C19H29N5OS. The molecule has 0 bridgehead atoms. The second-order valence-corrected chi connectivity index (χ2v) is 8.89. The van der Waals surface area contributed by atoms with Crippen LogP contribution in [0.1, 0.15) is 32.1 Å². The van der Waals surface area contributed by atoms with Gasteiger partial charge in [0.25, 0.3) is 0 Å². The zero-order valence-electron chi connectivity index (χ0n) is 15.9. The van der Waals surface area contributed by atoms with Crippen molar-refractivity contribution in [2.45, 2.75) is 43.3 Å². The molecule has 142 valence electrons. The Hall–Kier alpha value is -1.34. The van der Waals surface area contributed by atoms with Crippen molar-refractivity contribution in [1.82, 2.24) is 19.8 Å². The summed E-state index contributed by atoms with van der Waals surface area (Å²) < 4.78 is 0. The number of amides is 1. The van der Waals surface area contributed by atoms with Gasteiger partial charge in [-0.2, -0.15) is 0 Å². The van der Waals surface area contributed by atoms with Crippen LogP contribution in [0.15, 0.2) is 17.4 Å². The lowest BCUT2D eigenvalue weighted by Gasteiger charge is -2.49. The van der Waals surface area contributed by atoms with Crippen molar-refractivity contribution in [3.63, 3.8) is 0 Å². The molecule has 4 heterocycles. The van der Waals surface area contributed by atoms with Crippen molar-refractivity contribution in [3.05, 3.63) is 12.3 Å². The molecule has 0 saturated carbocycles. The van der Waals surface area contributed by atoms with Crippen LogP contribution in [0.4, 0.5) is 5.82 Å². The zero-order valence-corrected chi connectivity index (χ0v) is 16.7. The third kappa shape index (κ3) is 3.56. The molecule has 0 aromatic carbocycles. The van der Waals surface area contributed by atoms with E-state index in [1.54, 1.807) is 11.8 Å². The summed E-state index contributed by atoms with van der Waals surface area (Å²) in [4.78, 5) is 28.4. The summed E-state index contributed by atoms with van der Waals surface area (Å²) >= 11 is 1.59. The average molecular weight is 376 g/mol. The minimum Gasteiger partial charge on any atom is -0.356 e. The standard InChI is InChI=1S/C19H29N5OS/c1-22-10-5-15(13-22)24-14-19(6-3-17(24)25)7-11-23(12-8-19)16-4-9-20-18(21-16)26-2/h4,9,15H,3,5-8,10-14H2,1-2H3/t15-/m0/s1. The van der Waals surface area contributed by atoms with Crippen LogP contribution in [0.5, 0.6) is 0 Å². The first-order valence-corrected chi connectivity index (χ1v) is 10.9. The van der Waals surface area contributed by atoms with E-state index in [0.29, 0.717) is 17.4 Å². The van der Waals surface area contributed by atoms with Crippen LogP contribution in [0.2, 0.25) is 0 Å². The number of likely N-dealkylation sites (N-methyl/N-ethyl adjacent to an activating group) is 1. The molecule has 3 aliphatic heterocycles. The van der Waals surface area contributed by atoms with E-state index >= 15 is 0 Å². The lowest BCUT2D eigenvalue weighted by molar-refractivity contribution is -0.141. The summed E-state index contributed by atoms with van der Waals surface area (Å²) in [7, 11) is 2.16. The molecular weight excluding hydrogens is 346 g/mol. The molecule has 4 rings (SSSR count). The molecule has 6 nitrogen and oxygen atoms in total. The Morgan fingerprint density at radius 1 is 1.23 bits per heavy atom. The number of carbonyl (C=O) groups excluding carboxylic acids is 1. The van der Waals surface area contributed by atoms with E-state index < -0.39 is 0 Å². The fourth-order valence-corrected chi connectivity index (χ4v) is 5.12. The maximum Gasteiger partial charge on any atom is 0.222 e. The first-order valence-electron chi connectivity index (χ1n) is 9.69. The first kappa shape index (κ1) is 18.0. The van der Waals surface area contributed by atoms with Crippen LogP contribution < -0.4 is 4.90 Å². The Balaban J connectivity index is 1.41. The highest BCUT2D eigenvalue weighted by atomic mass is 32.2. The number of likely N-dealkylation sites (tertiary alicyclic amines) is 2. The highest BCUT2D eigenvalue weighted by Gasteiger charge is 2.43. The second-order valence-electron chi connectivity index (χ2n) is 8.11. The van der Waals surface area contributed by atoms with Crippen molar-refractivity contribution >= 4 is 23.5 Å². The van der Waals surface area contributed by atoms with Gasteiger partial charge in [-0.3, -0.25) is 4.79 Å². The summed E-state index contributed by atoms with van der Waals surface area (Å²) in [6, 6.07) is 2.44. The molecule has 26 heavy (non-hydrogen) atoms. The third-order valence-corrected chi connectivity index (χ3v) is 7.01. The highest BCUT2D eigenvalue weighted by Crippen LogP contribution is 2.42. The van der Waals surface area contributed by atoms with Crippen molar-refractivity contribution in [1.29, 1.82) is 0 Å². The van der Waals surface area contributed by atoms with Gasteiger partial charge in [-0.15, -0.1) is 0 Å². The maximum absolute atomic E-state index is 12.5. The predicted octanol–water partition coefficient (Wildman–Crippen LogP) is 2.11. The summed E-state index contributed by atoms with van der Waals surface area (Å²) in [6.45, 7) is 5.15. The van der Waals surface area contributed by atoms with Crippen molar-refractivity contribution in [2.24, 2.45) is 5.41 Å². The number of carbonyl (C=O) groups is 1. The molecule has 1 atom stereocenters. The van der Waals surface area contributed by atoms with E-state index in [0.717, 1.165) is 75.8 Å². The third-order valence-electron chi connectivity index (χ3n) is 6.45. The number of piperidine rings is 2. The van der Waals surface area contributed by atoms with Gasteiger partial charge < -0.3 is 14.7 Å². The first-order chi connectivity index (χ1) is 12.6. The maximum atomic E-state index is 12.5. The molecule has 0 aliphatic carbocycles. The van der Waals surface area contributed by atoms with Crippen molar-refractivity contribution in [3.8, 4) is 0 Å². The molecule has 3 fully saturated rings. The van der Waals surface area contributed by atoms with E-state index in [4.69, 9.17) is 0 Å². The van der Waals surface area contributed by atoms with Crippen LogP contribution in [-0.4, -0.2) is 77.7 Å². The normalized spacial score (nSPS) is 26.7. The van der Waals surface area contributed by atoms with Gasteiger partial charge >= 0.3 is 0 Å². The molecule has 7 heteroatoms. The van der Waals surface area contributed by atoms with Gasteiger partial charge in [0.2, 0.25) is 5.91 Å². The van der Waals surface area contributed by atoms with Gasteiger partial charge in [0.1, 0.15) is 5.82 Å². The number of anilines is 1. The van der Waals surface area contributed by atoms with Gasteiger partial charge in [-0.1, -0.05) is 11.8 Å². The molecule has 1 aromatic rings. The number of rotatable bonds is 3. The number of thioether (sulfide) groups is 1. The topological polar surface area (TPSA) is 52.6 Å². The SMILES string of the molecule is CSc1nccc(N2CCC3(CCC(=O)N([C@H]4CCN(C)C4)C3)CC2)n1. The van der Waals surface area contributed by atoms with Crippen molar-refractivity contribution in [2.75, 3.05) is 50.9 Å². The molecule has 1 spiro atoms. The highest BCUT2D eigenvalue weighted by molar-refractivity contribution is 7.98. The van der Waals surface area contributed by atoms with Gasteiger partial charge in [0.05, 0.1) is 0 Å². The van der Waals surface area contributed by atoms with E-state index in [2.05, 4.69) is 31.7 Å². The minimum atomic E-state index is 0.306. The molecule has 0 N–H and O–H groups in total. The molecule has 1 amide bonds. The number of hydrogen-bond donors (Lipinski definition) is 0. The van der Waals surface area contributed by atoms with Crippen LogP contribution in [0.3, 0.4) is 0 Å². The lowest BCUT2D eigenvalue weighted by atomic mass is 9.72. The Kier molecular flexibility index (Phi) is 5.10. The largest absolute Gasteiger partial charge is 0.356 e. The Morgan fingerprint density at radius 3 is 2.73 bits per heavy atom. The molecule has 0 radical (unpaired) electrons. The van der Waals surface area contributed by atoms with Crippen LogP contribution >= 0.6 is 11.8 Å². The van der Waals surface area contributed by atoms with Crippen LogP contribution in [0, 0.1) is 5.41 Å². The summed E-state index contributed by atoms with van der Waals surface area (Å²) in [5.41, 5.74) is 0.306. The molecule has 1 aromatic heterocycles. The zero-order chi connectivity index (χ0) is 18.1. The van der Waals surface area contributed by atoms with Gasteiger partial charge in [-0.25, -0.2) is 9.97 Å². The summed E-state index contributed by atoms with van der Waals surface area (Å²) in [5.74, 6) is 1.42. The van der Waals surface area contributed by atoms with Gasteiger partial charge in [0, 0.05) is 44.8 Å². The summed E-state index contributed by atoms with van der Waals surface area (Å²) in [6.07, 6.45) is 9.08. The number of hydrogen-bond acceptors (Lipinski definition) is 6. The molecule has 3 saturated heterocycles. The average Bonchev–Trinajstić information content (AvgIpc) is 3.11. The van der Waals surface area contributed by atoms with Crippen LogP contribution in [0.25, 0.3) is 0 Å². The van der Waals surface area contributed by atoms with E-state index in [1.165, 1.54) is 0 Å². The van der Waals surface area contributed by atoms with E-state index in [9.17, 15) is 4.79 Å². The number of aromatic nitrogens is 2. The van der Waals surface area contributed by atoms with Gasteiger partial charge in [0.15, 0.2) is 5.16 Å². The fraction of sp³-hybridized carbons (Fsp3) is 0.737. The Morgan fingerprint density at radius 2 is 2.04 bits per heavy atom. The summed E-state index contributed by atoms with van der Waals surface area (Å²) in [5, 5.41) is 0.836. The monoisotopic (exact) mass is 375 g/mol. The lowest BCUT2D eigenvalue weighted by Crippen LogP contribution is -2.55. The van der Waals surface area contributed by atoms with Crippen molar-refractivity contribution < 1.29 is 4.79 Å². The smallest absolute Gasteiger partial charge is 0.222 e. The quantitative estimate of drug-likeness (QED) is 0.596.